The average molecular weight is 755 g/mol. The van der Waals surface area contributed by atoms with E-state index in [1.807, 2.05) is 24.3 Å². The van der Waals surface area contributed by atoms with Crippen molar-refractivity contribution in [2.45, 2.75) is 71.8 Å². The molecule has 1 aromatic heterocycles. The Morgan fingerprint density at radius 1 is 0.843 bits per heavy atom. The van der Waals surface area contributed by atoms with Gasteiger partial charge in [0.15, 0.2) is 0 Å². The van der Waals surface area contributed by atoms with Crippen LogP contribution in [-0.2, 0) is 27.2 Å². The van der Waals surface area contributed by atoms with Gasteiger partial charge in [0, 0.05) is 38.1 Å². The number of nitrogens with zero attached hydrogens (tertiary/aromatic N) is 1. The van der Waals surface area contributed by atoms with Gasteiger partial charge in [-0.15, -0.1) is 0 Å². The number of carbonyl (C=O) groups is 3. The van der Waals surface area contributed by atoms with Crippen molar-refractivity contribution in [3.8, 4) is 5.75 Å². The lowest BCUT2D eigenvalue weighted by molar-refractivity contribution is -0.193. The lowest BCUT2D eigenvalue weighted by Gasteiger charge is -2.31. The number of phenolic OH excluding ortho intramolecular Hbond substituents is 1. The van der Waals surface area contributed by atoms with Crippen molar-refractivity contribution in [1.29, 1.82) is 0 Å². The molecule has 0 aliphatic carbocycles. The van der Waals surface area contributed by atoms with Crippen LogP contribution in [0.1, 0.15) is 52.2 Å². The van der Waals surface area contributed by atoms with Crippen LogP contribution in [0.3, 0.4) is 0 Å². The number of aromatic nitrogens is 1. The molecule has 0 aliphatic heterocycles. The smallest absolute Gasteiger partial charge is 0.490 e. The first-order chi connectivity index (χ1) is 23.3. The maximum absolute atomic E-state index is 12.8. The number of carbonyl (C=O) groups excluding carboxylic acids is 1. The summed E-state index contributed by atoms with van der Waals surface area (Å²) in [4.78, 5) is 47.2. The summed E-state index contributed by atoms with van der Waals surface area (Å²) in [5.41, 5.74) is 2.61. The molecule has 0 bridgehead atoms. The van der Waals surface area contributed by atoms with Gasteiger partial charge in [0.25, 0.3) is 0 Å². The zero-order chi connectivity index (χ0) is 39.2. The molecule has 1 heterocycles. The zero-order valence-electron chi connectivity index (χ0n) is 28.8. The number of H-pyrrole nitrogens is 1. The Labute approximate surface area is 294 Å². The fourth-order valence-electron chi connectivity index (χ4n) is 4.65. The topological polar surface area (TPSA) is 172 Å². The Morgan fingerprint density at radius 3 is 1.90 bits per heavy atom. The van der Waals surface area contributed by atoms with Gasteiger partial charge < -0.3 is 35.8 Å². The van der Waals surface area contributed by atoms with Gasteiger partial charge in [-0.25, -0.2) is 9.59 Å². The van der Waals surface area contributed by atoms with Crippen LogP contribution in [0.5, 0.6) is 5.75 Å². The third-order valence-electron chi connectivity index (χ3n) is 6.62. The number of rotatable bonds is 13. The molecule has 3 rings (SSSR count). The average Bonchev–Trinajstić information content (AvgIpc) is 3.38. The number of amides is 1. The maximum Gasteiger partial charge on any atom is 0.490 e. The van der Waals surface area contributed by atoms with E-state index in [-0.39, 0.29) is 27.5 Å². The van der Waals surface area contributed by atoms with Gasteiger partial charge in [-0.1, -0.05) is 68.5 Å². The number of hydrogen-bond acceptors (Lipinski definition) is 8. The SMILES string of the molecule is CC(C)(C)CN(CCNCCc1ccc(O)c2[nH]c(=O)sc12)CCC(=O)NC(C)(C)Cc1ccccc1.O=C(O)C(F)(F)F.O=C(O)C(F)(F)F. The van der Waals surface area contributed by atoms with Crippen molar-refractivity contribution >= 4 is 39.4 Å². The lowest BCUT2D eigenvalue weighted by Crippen LogP contribution is -2.46. The Balaban J connectivity index is 0.000000780. The first-order valence-electron chi connectivity index (χ1n) is 15.5. The molecule has 2 aromatic carbocycles. The van der Waals surface area contributed by atoms with Crippen molar-refractivity contribution in [3.05, 3.63) is 63.3 Å². The van der Waals surface area contributed by atoms with Gasteiger partial charge in [-0.05, 0) is 55.8 Å². The zero-order valence-corrected chi connectivity index (χ0v) is 29.6. The number of thiazole rings is 1. The molecule has 51 heavy (non-hydrogen) atoms. The Kier molecular flexibility index (Phi) is 17.1. The van der Waals surface area contributed by atoms with Gasteiger partial charge in [-0.3, -0.25) is 9.59 Å². The van der Waals surface area contributed by atoms with Crippen molar-refractivity contribution < 1.29 is 56.0 Å². The highest BCUT2D eigenvalue weighted by atomic mass is 32.1. The summed E-state index contributed by atoms with van der Waals surface area (Å²) in [5, 5.41) is 30.9. The van der Waals surface area contributed by atoms with E-state index in [4.69, 9.17) is 19.8 Å². The number of alkyl halides is 6. The molecular formula is C33H44F6N4O7S. The minimum atomic E-state index is -5.08. The Morgan fingerprint density at radius 2 is 1.39 bits per heavy atom. The number of carboxylic acids is 2. The summed E-state index contributed by atoms with van der Waals surface area (Å²) in [6.07, 6.45) is -8.14. The first kappa shape index (κ1) is 44.9. The molecular weight excluding hydrogens is 710 g/mol. The van der Waals surface area contributed by atoms with Gasteiger partial charge in [0.05, 0.1) is 4.70 Å². The third kappa shape index (κ3) is 18.6. The lowest BCUT2D eigenvalue weighted by atomic mass is 9.94. The van der Waals surface area contributed by atoms with E-state index in [2.05, 4.69) is 67.3 Å². The minimum absolute atomic E-state index is 0.0784. The van der Waals surface area contributed by atoms with Gasteiger partial charge >= 0.3 is 29.2 Å². The number of nitrogens with one attached hydrogen (secondary N) is 3. The van der Waals surface area contributed by atoms with Crippen LogP contribution in [0.2, 0.25) is 0 Å². The van der Waals surface area contributed by atoms with Crippen LogP contribution in [0.15, 0.2) is 47.3 Å². The molecule has 3 aromatic rings. The van der Waals surface area contributed by atoms with Crippen LogP contribution >= 0.6 is 11.3 Å². The highest BCUT2D eigenvalue weighted by molar-refractivity contribution is 7.16. The van der Waals surface area contributed by atoms with Crippen LogP contribution in [0.25, 0.3) is 10.2 Å². The van der Waals surface area contributed by atoms with Crippen molar-refractivity contribution in [1.82, 2.24) is 20.5 Å². The number of aromatic hydroxyl groups is 1. The summed E-state index contributed by atoms with van der Waals surface area (Å²) in [6, 6.07) is 13.8. The molecule has 0 spiro atoms. The molecule has 0 unspecified atom stereocenters. The Hall–Kier alpha value is -4.16. The second-order valence-corrected chi connectivity index (χ2v) is 14.2. The van der Waals surface area contributed by atoms with E-state index in [0.717, 1.165) is 60.6 Å². The number of halogens is 6. The highest BCUT2D eigenvalue weighted by Crippen LogP contribution is 2.28. The second kappa shape index (κ2) is 19.4. The fraction of sp³-hybridized carbons (Fsp3) is 0.515. The molecule has 0 saturated carbocycles. The van der Waals surface area contributed by atoms with E-state index in [0.29, 0.717) is 18.5 Å². The molecule has 0 aliphatic rings. The summed E-state index contributed by atoms with van der Waals surface area (Å²) in [6.45, 7) is 14.8. The molecule has 1 amide bonds. The van der Waals surface area contributed by atoms with Crippen molar-refractivity contribution in [2.24, 2.45) is 5.41 Å². The van der Waals surface area contributed by atoms with Crippen molar-refractivity contribution in [3.63, 3.8) is 0 Å². The van der Waals surface area contributed by atoms with Crippen LogP contribution in [0, 0.1) is 5.41 Å². The number of aliphatic carboxylic acids is 2. The predicted octanol–water partition coefficient (Wildman–Crippen LogP) is 5.57. The second-order valence-electron chi connectivity index (χ2n) is 13.2. The van der Waals surface area contributed by atoms with E-state index in [9.17, 15) is 41.0 Å². The van der Waals surface area contributed by atoms with E-state index < -0.39 is 24.3 Å². The summed E-state index contributed by atoms with van der Waals surface area (Å²) in [7, 11) is 0. The summed E-state index contributed by atoms with van der Waals surface area (Å²) >= 11 is 1.14. The molecule has 0 radical (unpaired) electrons. The number of fused-ring (bicyclic) bond motifs is 1. The highest BCUT2D eigenvalue weighted by Gasteiger charge is 2.39. The van der Waals surface area contributed by atoms with Crippen molar-refractivity contribution in [2.75, 3.05) is 32.7 Å². The van der Waals surface area contributed by atoms with Crippen LogP contribution in [0.4, 0.5) is 26.3 Å². The van der Waals surface area contributed by atoms with E-state index in [1.54, 1.807) is 6.07 Å². The van der Waals surface area contributed by atoms with Gasteiger partial charge in [0.1, 0.15) is 11.3 Å². The number of benzene rings is 2. The summed E-state index contributed by atoms with van der Waals surface area (Å²) < 4.78 is 64.3. The number of carboxylic acid groups (broad SMARTS) is 2. The summed E-state index contributed by atoms with van der Waals surface area (Å²) in [5.74, 6) is -5.33. The fourth-order valence-corrected chi connectivity index (χ4v) is 5.54. The minimum Gasteiger partial charge on any atom is -0.506 e. The largest absolute Gasteiger partial charge is 0.506 e. The first-order valence-corrected chi connectivity index (χ1v) is 16.3. The number of hydrogen-bond donors (Lipinski definition) is 6. The molecule has 6 N–H and O–H groups in total. The van der Waals surface area contributed by atoms with Gasteiger partial charge in [-0.2, -0.15) is 26.3 Å². The Bertz CT molecular complexity index is 1590. The van der Waals surface area contributed by atoms with Crippen LogP contribution < -0.4 is 15.5 Å². The number of phenols is 1. The van der Waals surface area contributed by atoms with Gasteiger partial charge in [0.2, 0.25) is 5.91 Å². The molecule has 18 heteroatoms. The molecule has 11 nitrogen and oxygen atoms in total. The monoisotopic (exact) mass is 754 g/mol. The predicted molar refractivity (Wildman–Crippen MR) is 181 cm³/mol. The normalized spacial score (nSPS) is 12.1. The third-order valence-corrected chi connectivity index (χ3v) is 7.58. The van der Waals surface area contributed by atoms with E-state index >= 15 is 0 Å². The maximum atomic E-state index is 12.8. The standard InChI is InChI=1S/C29H42N4O3S.2C2HF3O2/c1-28(2,3)20-33(17-14-24(35)32-29(4,5)19-21-9-7-6-8-10-21)18-16-30-15-13-22-11-12-23(34)25-26(22)37-27(36)31-25;2*3-2(4,5)1(6)7/h6-12,30,34H,13-20H2,1-5H3,(H,31,36)(H,32,35);2*(H,6,7). The molecule has 0 saturated heterocycles. The number of aromatic amines is 1. The molecule has 0 atom stereocenters. The quantitative estimate of drug-likeness (QED) is 0.0965. The molecule has 0 fully saturated rings. The molecule has 286 valence electrons. The van der Waals surface area contributed by atoms with E-state index in [1.165, 1.54) is 5.56 Å². The van der Waals surface area contributed by atoms with Crippen LogP contribution in [-0.4, -0.2) is 93.7 Å².